The zero-order valence-electron chi connectivity index (χ0n) is 6.64. The molecule has 0 aromatic carbocycles. The van der Waals surface area contributed by atoms with Gasteiger partial charge < -0.3 is 10.2 Å². The second-order valence-electron chi connectivity index (χ2n) is 2.53. The lowest BCUT2D eigenvalue weighted by molar-refractivity contribution is -0.146. The standard InChI is InChI=1S/C8H8BrNO3/c9-6-4-10-2-1-5(6)3-7(11)8(12)13/h1-2,4,7,11H,3H2,(H,12,13). The SMILES string of the molecule is O=C(O)C(O)Cc1ccncc1Br. The number of carbonyl (C=O) groups is 1. The van der Waals surface area contributed by atoms with Crippen molar-refractivity contribution in [3.63, 3.8) is 0 Å². The van der Waals surface area contributed by atoms with E-state index in [1.54, 1.807) is 18.5 Å². The molecule has 1 heterocycles. The fourth-order valence-corrected chi connectivity index (χ4v) is 1.28. The molecule has 0 bridgehead atoms. The van der Waals surface area contributed by atoms with Crippen LogP contribution in [0.4, 0.5) is 0 Å². The molecule has 1 atom stereocenters. The quantitative estimate of drug-likeness (QED) is 0.828. The molecule has 0 radical (unpaired) electrons. The summed E-state index contributed by atoms with van der Waals surface area (Å²) in [6, 6.07) is 1.66. The number of hydrogen-bond acceptors (Lipinski definition) is 3. The van der Waals surface area contributed by atoms with Gasteiger partial charge in [0.15, 0.2) is 6.10 Å². The van der Waals surface area contributed by atoms with Crippen LogP contribution >= 0.6 is 15.9 Å². The van der Waals surface area contributed by atoms with Crippen LogP contribution in [0.5, 0.6) is 0 Å². The first-order chi connectivity index (χ1) is 6.11. The van der Waals surface area contributed by atoms with Crippen molar-refractivity contribution in [3.8, 4) is 0 Å². The zero-order chi connectivity index (χ0) is 9.84. The molecular formula is C8H8BrNO3. The minimum atomic E-state index is -1.36. The van der Waals surface area contributed by atoms with Crippen molar-refractivity contribution in [2.45, 2.75) is 12.5 Å². The molecule has 0 amide bonds. The topological polar surface area (TPSA) is 70.4 Å². The third kappa shape index (κ3) is 2.78. The van der Waals surface area contributed by atoms with Gasteiger partial charge in [-0.15, -0.1) is 0 Å². The maximum atomic E-state index is 10.3. The van der Waals surface area contributed by atoms with E-state index in [0.717, 1.165) is 5.56 Å². The predicted molar refractivity (Wildman–Crippen MR) is 49.3 cm³/mol. The molecule has 4 nitrogen and oxygen atoms in total. The summed E-state index contributed by atoms with van der Waals surface area (Å²) in [5, 5.41) is 17.5. The normalized spacial score (nSPS) is 12.5. The Kier molecular flexibility index (Phi) is 3.39. The van der Waals surface area contributed by atoms with Gasteiger partial charge in [-0.25, -0.2) is 4.79 Å². The maximum absolute atomic E-state index is 10.3. The predicted octanol–water partition coefficient (Wildman–Crippen LogP) is 0.832. The molecule has 0 aliphatic rings. The molecular weight excluding hydrogens is 238 g/mol. The molecule has 1 aromatic heterocycles. The number of pyridine rings is 1. The van der Waals surface area contributed by atoms with Crippen molar-refractivity contribution in [1.82, 2.24) is 4.98 Å². The summed E-state index contributed by atoms with van der Waals surface area (Å²) in [5.41, 5.74) is 0.727. The van der Waals surface area contributed by atoms with Gasteiger partial charge in [0.2, 0.25) is 0 Å². The van der Waals surface area contributed by atoms with Crippen LogP contribution in [0, 0.1) is 0 Å². The smallest absolute Gasteiger partial charge is 0.332 e. The van der Waals surface area contributed by atoms with Gasteiger partial charge >= 0.3 is 5.97 Å². The summed E-state index contributed by atoms with van der Waals surface area (Å²) in [7, 11) is 0. The number of carboxylic acid groups (broad SMARTS) is 1. The van der Waals surface area contributed by atoms with Gasteiger partial charge in [-0.1, -0.05) is 0 Å². The molecule has 2 N–H and O–H groups in total. The number of rotatable bonds is 3. The highest BCUT2D eigenvalue weighted by molar-refractivity contribution is 9.10. The number of halogens is 1. The Hall–Kier alpha value is -0.940. The molecule has 0 fully saturated rings. The van der Waals surface area contributed by atoms with Crippen molar-refractivity contribution in [2.24, 2.45) is 0 Å². The Labute approximate surface area is 83.4 Å². The van der Waals surface area contributed by atoms with Gasteiger partial charge in [0.25, 0.3) is 0 Å². The number of aromatic nitrogens is 1. The average molecular weight is 246 g/mol. The third-order valence-electron chi connectivity index (χ3n) is 1.55. The van der Waals surface area contributed by atoms with Gasteiger partial charge in [-0.3, -0.25) is 4.98 Å². The van der Waals surface area contributed by atoms with E-state index in [4.69, 9.17) is 10.2 Å². The summed E-state index contributed by atoms with van der Waals surface area (Å²) >= 11 is 3.21. The first kappa shape index (κ1) is 10.1. The maximum Gasteiger partial charge on any atom is 0.332 e. The third-order valence-corrected chi connectivity index (χ3v) is 2.27. The summed E-state index contributed by atoms with van der Waals surface area (Å²) in [4.78, 5) is 14.2. The van der Waals surface area contributed by atoms with Crippen LogP contribution in [0.25, 0.3) is 0 Å². The average Bonchev–Trinajstić information content (AvgIpc) is 2.08. The van der Waals surface area contributed by atoms with Crippen molar-refractivity contribution in [1.29, 1.82) is 0 Å². The monoisotopic (exact) mass is 245 g/mol. The highest BCUT2D eigenvalue weighted by Crippen LogP contribution is 2.15. The Morgan fingerprint density at radius 3 is 2.92 bits per heavy atom. The Morgan fingerprint density at radius 2 is 2.38 bits per heavy atom. The molecule has 13 heavy (non-hydrogen) atoms. The summed E-state index contributed by atoms with van der Waals surface area (Å²) in [5.74, 6) is -1.22. The highest BCUT2D eigenvalue weighted by atomic mass is 79.9. The van der Waals surface area contributed by atoms with Crippen molar-refractivity contribution in [2.75, 3.05) is 0 Å². The molecule has 0 saturated carbocycles. The number of aliphatic carboxylic acids is 1. The first-order valence-electron chi connectivity index (χ1n) is 3.60. The van der Waals surface area contributed by atoms with Crippen molar-refractivity contribution < 1.29 is 15.0 Å². The molecule has 0 aliphatic carbocycles. The van der Waals surface area contributed by atoms with E-state index in [1.807, 2.05) is 0 Å². The molecule has 0 aliphatic heterocycles. The van der Waals surface area contributed by atoms with E-state index in [9.17, 15) is 4.79 Å². The second kappa shape index (κ2) is 4.34. The Balaban J connectivity index is 2.74. The van der Waals surface area contributed by atoms with Crippen molar-refractivity contribution >= 4 is 21.9 Å². The molecule has 1 rings (SSSR count). The van der Waals surface area contributed by atoms with E-state index in [0.29, 0.717) is 4.47 Å². The van der Waals surface area contributed by atoms with Gasteiger partial charge in [-0.2, -0.15) is 0 Å². The number of aliphatic hydroxyl groups is 1. The molecule has 5 heteroatoms. The lowest BCUT2D eigenvalue weighted by Crippen LogP contribution is -2.22. The number of carboxylic acids is 1. The van der Waals surface area contributed by atoms with Crippen LogP contribution in [0.1, 0.15) is 5.56 Å². The highest BCUT2D eigenvalue weighted by Gasteiger charge is 2.14. The van der Waals surface area contributed by atoms with E-state index in [1.165, 1.54) is 0 Å². The van der Waals surface area contributed by atoms with Gasteiger partial charge in [-0.05, 0) is 27.6 Å². The molecule has 70 valence electrons. The van der Waals surface area contributed by atoms with Crippen LogP contribution in [0.15, 0.2) is 22.9 Å². The van der Waals surface area contributed by atoms with Gasteiger partial charge in [0.1, 0.15) is 0 Å². The minimum Gasteiger partial charge on any atom is -0.479 e. The Bertz CT molecular complexity index is 316. The minimum absolute atomic E-state index is 0.0818. The van der Waals surface area contributed by atoms with Crippen LogP contribution in [0.3, 0.4) is 0 Å². The van der Waals surface area contributed by atoms with Gasteiger partial charge in [0, 0.05) is 23.3 Å². The summed E-state index contributed by atoms with van der Waals surface area (Å²) in [6.45, 7) is 0. The summed E-state index contributed by atoms with van der Waals surface area (Å²) < 4.78 is 0.704. The van der Waals surface area contributed by atoms with Gasteiger partial charge in [0.05, 0.1) is 0 Å². The molecule has 0 saturated heterocycles. The van der Waals surface area contributed by atoms with E-state index >= 15 is 0 Å². The fraction of sp³-hybridized carbons (Fsp3) is 0.250. The number of aliphatic hydroxyl groups excluding tert-OH is 1. The van der Waals surface area contributed by atoms with Crippen LogP contribution in [-0.4, -0.2) is 27.3 Å². The largest absolute Gasteiger partial charge is 0.479 e. The Morgan fingerprint density at radius 1 is 1.69 bits per heavy atom. The molecule has 1 aromatic rings. The van der Waals surface area contributed by atoms with Crippen molar-refractivity contribution in [3.05, 3.63) is 28.5 Å². The lowest BCUT2D eigenvalue weighted by atomic mass is 10.1. The van der Waals surface area contributed by atoms with Crippen LogP contribution in [0.2, 0.25) is 0 Å². The fourth-order valence-electron chi connectivity index (χ4n) is 0.865. The zero-order valence-corrected chi connectivity index (χ0v) is 8.23. The second-order valence-corrected chi connectivity index (χ2v) is 3.38. The van der Waals surface area contributed by atoms with Crippen LogP contribution < -0.4 is 0 Å². The van der Waals surface area contributed by atoms with Crippen LogP contribution in [-0.2, 0) is 11.2 Å². The number of nitrogens with zero attached hydrogens (tertiary/aromatic N) is 1. The molecule has 0 spiro atoms. The lowest BCUT2D eigenvalue weighted by Gasteiger charge is -2.06. The van der Waals surface area contributed by atoms with E-state index in [2.05, 4.69) is 20.9 Å². The summed E-state index contributed by atoms with van der Waals surface area (Å²) in [6.07, 6.45) is 1.83. The van der Waals surface area contributed by atoms with E-state index in [-0.39, 0.29) is 6.42 Å². The number of hydrogen-bond donors (Lipinski definition) is 2. The molecule has 1 unspecified atom stereocenters. The first-order valence-corrected chi connectivity index (χ1v) is 4.40. The van der Waals surface area contributed by atoms with E-state index < -0.39 is 12.1 Å².